The zero-order valence-corrected chi connectivity index (χ0v) is 15.2. The van der Waals surface area contributed by atoms with Gasteiger partial charge in [0, 0.05) is 23.7 Å². The molecular formula is C21H21N3O2. The van der Waals surface area contributed by atoms with Crippen molar-refractivity contribution in [3.05, 3.63) is 64.7 Å². The summed E-state index contributed by atoms with van der Waals surface area (Å²) in [7, 11) is 0. The Labute approximate surface area is 152 Å². The molecule has 132 valence electrons. The fraction of sp³-hybridized carbons (Fsp3) is 0.286. The average Bonchev–Trinajstić information content (AvgIpc) is 3.00. The molecule has 0 bridgehead atoms. The fourth-order valence-corrected chi connectivity index (χ4v) is 3.15. The van der Waals surface area contributed by atoms with Crippen molar-refractivity contribution in [2.45, 2.75) is 33.7 Å². The number of nitrogens with zero attached hydrogens (tertiary/aromatic N) is 3. The molecule has 1 aromatic carbocycles. The molecule has 0 atom stereocenters. The van der Waals surface area contributed by atoms with Crippen molar-refractivity contribution in [2.24, 2.45) is 0 Å². The molecule has 3 aromatic rings. The maximum absolute atomic E-state index is 13.2. The molecule has 0 aliphatic rings. The van der Waals surface area contributed by atoms with Crippen LogP contribution >= 0.6 is 0 Å². The first-order chi connectivity index (χ1) is 12.5. The van der Waals surface area contributed by atoms with Crippen molar-refractivity contribution in [3.8, 4) is 6.07 Å². The molecular weight excluding hydrogens is 326 g/mol. The highest BCUT2D eigenvalue weighted by Gasteiger charge is 2.25. The summed E-state index contributed by atoms with van der Waals surface area (Å²) in [6.45, 7) is 6.57. The first-order valence-corrected chi connectivity index (χ1v) is 8.58. The van der Waals surface area contributed by atoms with Crippen LogP contribution in [0.15, 0.2) is 40.9 Å². The quantitative estimate of drug-likeness (QED) is 0.689. The summed E-state index contributed by atoms with van der Waals surface area (Å²) in [5.74, 6) is 0.129. The third kappa shape index (κ3) is 3.31. The second kappa shape index (κ2) is 7.40. The van der Waals surface area contributed by atoms with Crippen LogP contribution in [0, 0.1) is 32.1 Å². The van der Waals surface area contributed by atoms with Gasteiger partial charge >= 0.3 is 0 Å². The number of carbonyl (C=O) groups excluding carboxylic acids is 1. The van der Waals surface area contributed by atoms with Crippen LogP contribution in [0.5, 0.6) is 0 Å². The molecule has 0 spiro atoms. The lowest BCUT2D eigenvalue weighted by Crippen LogP contribution is -2.32. The normalized spacial score (nSPS) is 10.7. The Morgan fingerprint density at radius 2 is 1.96 bits per heavy atom. The SMILES string of the molecule is Cc1ccc(C)c2c(C)c(C(=O)N(CCC#N)Cc3ccccn3)oc12. The standard InChI is InChI=1S/C21H21N3O2/c1-14-8-9-15(2)19-18(14)16(3)20(26-19)21(25)24(12-6-10-22)13-17-7-4-5-11-23-17/h4-5,7-9,11H,6,12-13H2,1-3H3. The minimum Gasteiger partial charge on any atom is -0.450 e. The lowest BCUT2D eigenvalue weighted by atomic mass is 10.0. The molecule has 5 heteroatoms. The van der Waals surface area contributed by atoms with Crippen LogP contribution in [0.4, 0.5) is 0 Å². The molecule has 0 saturated heterocycles. The number of fused-ring (bicyclic) bond motifs is 1. The number of aromatic nitrogens is 1. The van der Waals surface area contributed by atoms with Gasteiger partial charge in [0.2, 0.25) is 0 Å². The number of furan rings is 1. The molecule has 26 heavy (non-hydrogen) atoms. The molecule has 2 heterocycles. The highest BCUT2D eigenvalue weighted by atomic mass is 16.3. The Hall–Kier alpha value is -3.13. The molecule has 0 saturated carbocycles. The van der Waals surface area contributed by atoms with Gasteiger partial charge in [-0.15, -0.1) is 0 Å². The second-order valence-corrected chi connectivity index (χ2v) is 6.42. The minimum atomic E-state index is -0.210. The number of amides is 1. The summed E-state index contributed by atoms with van der Waals surface area (Å²) in [5.41, 5.74) is 4.46. The van der Waals surface area contributed by atoms with Crippen molar-refractivity contribution >= 4 is 16.9 Å². The number of nitriles is 1. The van der Waals surface area contributed by atoms with Crippen LogP contribution < -0.4 is 0 Å². The highest BCUT2D eigenvalue weighted by Crippen LogP contribution is 2.31. The maximum Gasteiger partial charge on any atom is 0.290 e. The molecule has 0 unspecified atom stereocenters. The van der Waals surface area contributed by atoms with Crippen molar-refractivity contribution in [1.82, 2.24) is 9.88 Å². The predicted octanol–water partition coefficient (Wildman–Crippen LogP) is 4.31. The summed E-state index contributed by atoms with van der Waals surface area (Å²) in [6.07, 6.45) is 1.96. The molecule has 3 rings (SSSR count). The van der Waals surface area contributed by atoms with Gasteiger partial charge in [0.15, 0.2) is 5.76 Å². The Balaban J connectivity index is 2.00. The predicted molar refractivity (Wildman–Crippen MR) is 99.6 cm³/mol. The Morgan fingerprint density at radius 1 is 1.19 bits per heavy atom. The summed E-state index contributed by atoms with van der Waals surface area (Å²) in [4.78, 5) is 19.1. The van der Waals surface area contributed by atoms with Crippen molar-refractivity contribution in [3.63, 3.8) is 0 Å². The molecule has 0 aliphatic carbocycles. The largest absolute Gasteiger partial charge is 0.450 e. The fourth-order valence-electron chi connectivity index (χ4n) is 3.15. The smallest absolute Gasteiger partial charge is 0.290 e. The molecule has 2 aromatic heterocycles. The van der Waals surface area contributed by atoms with E-state index in [-0.39, 0.29) is 12.3 Å². The summed E-state index contributed by atoms with van der Waals surface area (Å²) >= 11 is 0. The van der Waals surface area contributed by atoms with Crippen LogP contribution in [0.3, 0.4) is 0 Å². The first-order valence-electron chi connectivity index (χ1n) is 8.58. The Bertz CT molecular complexity index is 984. The van der Waals surface area contributed by atoms with E-state index in [0.29, 0.717) is 18.8 Å². The van der Waals surface area contributed by atoms with Gasteiger partial charge in [-0.25, -0.2) is 0 Å². The van der Waals surface area contributed by atoms with Gasteiger partial charge in [-0.3, -0.25) is 9.78 Å². The van der Waals surface area contributed by atoms with Gasteiger partial charge in [-0.2, -0.15) is 5.26 Å². The van der Waals surface area contributed by atoms with E-state index in [4.69, 9.17) is 9.68 Å². The van der Waals surface area contributed by atoms with Gasteiger partial charge in [0.05, 0.1) is 24.7 Å². The molecule has 0 aliphatic heterocycles. The van der Waals surface area contributed by atoms with Crippen LogP contribution in [0.1, 0.15) is 39.4 Å². The summed E-state index contributed by atoms with van der Waals surface area (Å²) in [6, 6.07) is 11.7. The van der Waals surface area contributed by atoms with Crippen LogP contribution in [0.25, 0.3) is 11.0 Å². The second-order valence-electron chi connectivity index (χ2n) is 6.42. The molecule has 0 radical (unpaired) electrons. The van der Waals surface area contributed by atoms with E-state index >= 15 is 0 Å². The highest BCUT2D eigenvalue weighted by molar-refractivity contribution is 6.00. The van der Waals surface area contributed by atoms with E-state index in [0.717, 1.165) is 33.4 Å². The van der Waals surface area contributed by atoms with Gasteiger partial charge in [0.1, 0.15) is 5.58 Å². The summed E-state index contributed by atoms with van der Waals surface area (Å²) in [5, 5.41) is 9.94. The topological polar surface area (TPSA) is 70.1 Å². The zero-order chi connectivity index (χ0) is 18.7. The third-order valence-corrected chi connectivity index (χ3v) is 4.54. The molecule has 5 nitrogen and oxygen atoms in total. The van der Waals surface area contributed by atoms with Gasteiger partial charge in [-0.05, 0) is 44.0 Å². The number of aryl methyl sites for hydroxylation is 3. The van der Waals surface area contributed by atoms with Crippen LogP contribution in [-0.2, 0) is 6.54 Å². The number of hydrogen-bond donors (Lipinski definition) is 0. The maximum atomic E-state index is 13.2. The van der Waals surface area contributed by atoms with Gasteiger partial charge < -0.3 is 9.32 Å². The number of carbonyl (C=O) groups is 1. The van der Waals surface area contributed by atoms with Gasteiger partial charge in [0.25, 0.3) is 5.91 Å². The third-order valence-electron chi connectivity index (χ3n) is 4.54. The van der Waals surface area contributed by atoms with Crippen molar-refractivity contribution in [2.75, 3.05) is 6.54 Å². The number of hydrogen-bond acceptors (Lipinski definition) is 4. The number of benzene rings is 1. The van der Waals surface area contributed by atoms with E-state index < -0.39 is 0 Å². The molecule has 0 N–H and O–H groups in total. The van der Waals surface area contributed by atoms with Gasteiger partial charge in [-0.1, -0.05) is 18.2 Å². The number of rotatable bonds is 5. The number of pyridine rings is 1. The molecule has 1 amide bonds. The van der Waals surface area contributed by atoms with E-state index in [9.17, 15) is 4.79 Å². The Kier molecular flexibility index (Phi) is 5.04. The first kappa shape index (κ1) is 17.7. The Morgan fingerprint density at radius 3 is 2.62 bits per heavy atom. The van der Waals surface area contributed by atoms with Crippen LogP contribution in [-0.4, -0.2) is 22.3 Å². The molecule has 0 fully saturated rings. The summed E-state index contributed by atoms with van der Waals surface area (Å²) < 4.78 is 5.98. The van der Waals surface area contributed by atoms with Crippen LogP contribution in [0.2, 0.25) is 0 Å². The average molecular weight is 347 g/mol. The van der Waals surface area contributed by atoms with E-state index in [2.05, 4.69) is 11.1 Å². The van der Waals surface area contributed by atoms with Crippen molar-refractivity contribution in [1.29, 1.82) is 5.26 Å². The van der Waals surface area contributed by atoms with Crippen molar-refractivity contribution < 1.29 is 9.21 Å². The van der Waals surface area contributed by atoms with E-state index in [1.54, 1.807) is 11.1 Å². The van der Waals surface area contributed by atoms with E-state index in [1.807, 2.05) is 51.1 Å². The minimum absolute atomic E-state index is 0.210. The zero-order valence-electron chi connectivity index (χ0n) is 15.2. The van der Waals surface area contributed by atoms with E-state index in [1.165, 1.54) is 0 Å². The lowest BCUT2D eigenvalue weighted by molar-refractivity contribution is 0.0714. The monoisotopic (exact) mass is 347 g/mol. The lowest BCUT2D eigenvalue weighted by Gasteiger charge is -2.20.